The van der Waals surface area contributed by atoms with Crippen molar-refractivity contribution in [2.24, 2.45) is 0 Å². The van der Waals surface area contributed by atoms with Crippen molar-refractivity contribution in [2.45, 2.75) is 0 Å². The van der Waals surface area contributed by atoms with Crippen LogP contribution in [0, 0.1) is 10.1 Å². The first kappa shape index (κ1) is 15.3. The fourth-order valence-electron chi connectivity index (χ4n) is 1.39. The first-order valence-electron chi connectivity index (χ1n) is 5.53. The van der Waals surface area contributed by atoms with Crippen molar-refractivity contribution >= 4 is 23.4 Å². The van der Waals surface area contributed by atoms with E-state index in [0.717, 1.165) is 12.3 Å². The molecule has 0 unspecified atom stereocenters. The summed E-state index contributed by atoms with van der Waals surface area (Å²) in [5, 5.41) is 19.7. The number of anilines is 1. The summed E-state index contributed by atoms with van der Waals surface area (Å²) >= 11 is 0. The van der Waals surface area contributed by atoms with E-state index < -0.39 is 22.1 Å². The lowest BCUT2D eigenvalue weighted by Crippen LogP contribution is -2.34. The second kappa shape index (κ2) is 5.95. The van der Waals surface area contributed by atoms with Gasteiger partial charge in [0.25, 0.3) is 0 Å². The number of nitrogens with zero attached hydrogens (tertiary/aromatic N) is 4. The Morgan fingerprint density at radius 1 is 1.40 bits per heavy atom. The van der Waals surface area contributed by atoms with Gasteiger partial charge in [-0.15, -0.1) is 0 Å². The van der Waals surface area contributed by atoms with E-state index >= 15 is 0 Å². The van der Waals surface area contributed by atoms with E-state index in [1.54, 1.807) is 21.1 Å². The minimum atomic E-state index is -1.42. The largest absolute Gasteiger partial charge is 0.477 e. The van der Waals surface area contributed by atoms with Gasteiger partial charge in [-0.3, -0.25) is 14.9 Å². The maximum atomic E-state index is 11.6. The number of carboxylic acids is 1. The van der Waals surface area contributed by atoms with Crippen LogP contribution >= 0.6 is 0 Å². The molecule has 1 amide bonds. The summed E-state index contributed by atoms with van der Waals surface area (Å²) < 4.78 is 0. The van der Waals surface area contributed by atoms with Gasteiger partial charge in [-0.25, -0.2) is 9.78 Å². The van der Waals surface area contributed by atoms with Crippen LogP contribution in [-0.2, 0) is 4.79 Å². The van der Waals surface area contributed by atoms with Gasteiger partial charge in [0.05, 0.1) is 11.5 Å². The molecule has 0 aromatic carbocycles. The molecular weight excluding hydrogens is 268 g/mol. The number of pyridine rings is 1. The Hall–Kier alpha value is -2.71. The molecule has 9 heteroatoms. The molecule has 0 fully saturated rings. The van der Waals surface area contributed by atoms with Gasteiger partial charge in [0, 0.05) is 27.2 Å². The van der Waals surface area contributed by atoms with E-state index in [-0.39, 0.29) is 18.3 Å². The Balaban J connectivity index is 3.09. The zero-order valence-corrected chi connectivity index (χ0v) is 11.2. The summed E-state index contributed by atoms with van der Waals surface area (Å²) in [5.74, 6) is -1.46. The average Bonchev–Trinajstić information content (AvgIpc) is 2.37. The van der Waals surface area contributed by atoms with Crippen LogP contribution in [-0.4, -0.2) is 59.5 Å². The molecule has 1 N–H and O–H groups in total. The highest BCUT2D eigenvalue weighted by Crippen LogP contribution is 2.21. The molecule has 0 spiro atoms. The van der Waals surface area contributed by atoms with Gasteiger partial charge >= 0.3 is 11.7 Å². The Kier molecular flexibility index (Phi) is 4.57. The number of hydrogen-bond donors (Lipinski definition) is 1. The van der Waals surface area contributed by atoms with E-state index in [4.69, 9.17) is 5.11 Å². The van der Waals surface area contributed by atoms with Crippen molar-refractivity contribution in [3.8, 4) is 0 Å². The van der Waals surface area contributed by atoms with Crippen LogP contribution in [0.1, 0.15) is 10.4 Å². The molecule has 1 heterocycles. The van der Waals surface area contributed by atoms with E-state index in [1.165, 1.54) is 9.80 Å². The van der Waals surface area contributed by atoms with Crippen molar-refractivity contribution in [3.63, 3.8) is 0 Å². The third-order valence-electron chi connectivity index (χ3n) is 2.56. The molecule has 0 saturated carbocycles. The van der Waals surface area contributed by atoms with Crippen LogP contribution in [0.5, 0.6) is 0 Å². The third-order valence-corrected chi connectivity index (χ3v) is 2.56. The van der Waals surface area contributed by atoms with Gasteiger partial charge in [0.2, 0.25) is 5.91 Å². The molecule has 0 aliphatic carbocycles. The zero-order valence-electron chi connectivity index (χ0n) is 11.2. The van der Waals surface area contributed by atoms with Crippen molar-refractivity contribution in [3.05, 3.63) is 27.9 Å². The summed E-state index contributed by atoms with van der Waals surface area (Å²) in [6.07, 6.45) is 0.870. The van der Waals surface area contributed by atoms with Crippen LogP contribution in [0.3, 0.4) is 0 Å². The molecule has 0 radical (unpaired) electrons. The Labute approximate surface area is 114 Å². The molecule has 1 aromatic heterocycles. The molecule has 20 heavy (non-hydrogen) atoms. The number of amides is 1. The fraction of sp³-hybridized carbons (Fsp3) is 0.364. The number of aromatic carboxylic acids is 1. The van der Waals surface area contributed by atoms with Crippen molar-refractivity contribution in [2.75, 3.05) is 32.6 Å². The molecule has 1 aromatic rings. The van der Waals surface area contributed by atoms with E-state index in [9.17, 15) is 19.7 Å². The summed E-state index contributed by atoms with van der Waals surface area (Å²) in [4.78, 5) is 39.0. The lowest BCUT2D eigenvalue weighted by Gasteiger charge is -2.20. The minimum Gasteiger partial charge on any atom is -0.477 e. The van der Waals surface area contributed by atoms with Gasteiger partial charge in [-0.1, -0.05) is 0 Å². The molecule has 0 bridgehead atoms. The highest BCUT2D eigenvalue weighted by Gasteiger charge is 2.22. The van der Waals surface area contributed by atoms with E-state index in [2.05, 4.69) is 4.98 Å². The second-order valence-corrected chi connectivity index (χ2v) is 4.27. The van der Waals surface area contributed by atoms with Gasteiger partial charge in [-0.2, -0.15) is 0 Å². The molecule has 0 aliphatic heterocycles. The number of aromatic nitrogens is 1. The number of nitro groups is 1. The lowest BCUT2D eigenvalue weighted by atomic mass is 10.2. The van der Waals surface area contributed by atoms with Crippen molar-refractivity contribution in [1.82, 2.24) is 9.88 Å². The molecule has 0 atom stereocenters. The smallest absolute Gasteiger partial charge is 0.342 e. The van der Waals surface area contributed by atoms with Crippen LogP contribution in [0.4, 0.5) is 11.5 Å². The van der Waals surface area contributed by atoms with Crippen molar-refractivity contribution in [1.29, 1.82) is 0 Å². The molecule has 108 valence electrons. The van der Waals surface area contributed by atoms with Gasteiger partial charge in [-0.05, 0) is 0 Å². The SMILES string of the molecule is CN(C)C(=O)CN(C)c1cc(C(=O)O)c([N+](=O)[O-])cn1. The minimum absolute atomic E-state index is 0.0170. The van der Waals surface area contributed by atoms with Crippen LogP contribution < -0.4 is 4.90 Å². The summed E-state index contributed by atoms with van der Waals surface area (Å²) in [7, 11) is 4.71. The molecule has 9 nitrogen and oxygen atoms in total. The fourth-order valence-corrected chi connectivity index (χ4v) is 1.39. The predicted octanol–water partition coefficient (Wildman–Crippen LogP) is 0.212. The topological polar surface area (TPSA) is 117 Å². The molecule has 0 aliphatic rings. The molecule has 1 rings (SSSR count). The zero-order chi connectivity index (χ0) is 15.4. The maximum absolute atomic E-state index is 11.6. The first-order valence-corrected chi connectivity index (χ1v) is 5.53. The Morgan fingerprint density at radius 2 is 2.00 bits per heavy atom. The lowest BCUT2D eigenvalue weighted by molar-refractivity contribution is -0.385. The monoisotopic (exact) mass is 282 g/mol. The average molecular weight is 282 g/mol. The first-order chi connectivity index (χ1) is 9.23. The number of carbonyl (C=O) groups excluding carboxylic acids is 1. The van der Waals surface area contributed by atoms with Gasteiger partial charge in [0.1, 0.15) is 17.6 Å². The summed E-state index contributed by atoms with van der Waals surface area (Å²) in [6, 6.07) is 1.07. The number of likely N-dealkylation sites (N-methyl/N-ethyl adjacent to an activating group) is 2. The van der Waals surface area contributed by atoms with E-state index in [0.29, 0.717) is 0 Å². The van der Waals surface area contributed by atoms with Crippen LogP contribution in [0.25, 0.3) is 0 Å². The third kappa shape index (κ3) is 3.40. The highest BCUT2D eigenvalue weighted by molar-refractivity contribution is 5.93. The number of rotatable bonds is 5. The highest BCUT2D eigenvalue weighted by atomic mass is 16.6. The number of carboxylic acid groups (broad SMARTS) is 1. The number of carbonyl (C=O) groups is 2. The summed E-state index contributed by atoms with van der Waals surface area (Å²) in [6.45, 7) is -0.0170. The van der Waals surface area contributed by atoms with Gasteiger partial charge in [0.15, 0.2) is 0 Å². The van der Waals surface area contributed by atoms with Crippen molar-refractivity contribution < 1.29 is 19.6 Å². The summed E-state index contributed by atoms with van der Waals surface area (Å²) in [5.41, 5.74) is -1.06. The Bertz CT molecular complexity index is 558. The maximum Gasteiger partial charge on any atom is 0.342 e. The second-order valence-electron chi connectivity index (χ2n) is 4.27. The van der Waals surface area contributed by atoms with Crippen LogP contribution in [0.15, 0.2) is 12.3 Å². The van der Waals surface area contributed by atoms with Crippen LogP contribution in [0.2, 0.25) is 0 Å². The predicted molar refractivity (Wildman–Crippen MR) is 69.8 cm³/mol. The number of hydrogen-bond acceptors (Lipinski definition) is 6. The molecule has 0 saturated heterocycles. The Morgan fingerprint density at radius 3 is 2.45 bits per heavy atom. The molecular formula is C11H14N4O5. The standard InChI is InChI=1S/C11H14N4O5/c1-13(2)10(16)6-14(3)9-4-7(11(17)18)8(5-12-9)15(19)20/h4-5H,6H2,1-3H3,(H,17,18). The van der Waals surface area contributed by atoms with E-state index in [1.807, 2.05) is 0 Å². The normalized spacial score (nSPS) is 9.95. The quantitative estimate of drug-likeness (QED) is 0.606. The van der Waals surface area contributed by atoms with Gasteiger partial charge < -0.3 is 14.9 Å².